The summed E-state index contributed by atoms with van der Waals surface area (Å²) in [5.41, 5.74) is -1.21. The highest BCUT2D eigenvalue weighted by atomic mass is 32.1. The van der Waals surface area contributed by atoms with Crippen molar-refractivity contribution in [2.24, 2.45) is 0 Å². The summed E-state index contributed by atoms with van der Waals surface area (Å²) < 4.78 is 28.2. The van der Waals surface area contributed by atoms with Crippen LogP contribution in [0.25, 0.3) is 6.08 Å². The van der Waals surface area contributed by atoms with Crippen LogP contribution in [-0.2, 0) is 11.2 Å². The van der Waals surface area contributed by atoms with E-state index in [9.17, 15) is 23.9 Å². The highest BCUT2D eigenvalue weighted by Crippen LogP contribution is 2.28. The molecule has 3 rings (SSSR count). The summed E-state index contributed by atoms with van der Waals surface area (Å²) in [6.07, 6.45) is 7.04. The molecule has 2 N–H and O–H groups in total. The average Bonchev–Trinajstić information content (AvgIpc) is 3.28. The topological polar surface area (TPSA) is 128 Å². The lowest BCUT2D eigenvalue weighted by Crippen LogP contribution is -2.16. The van der Waals surface area contributed by atoms with Gasteiger partial charge >= 0.3 is 11.7 Å². The van der Waals surface area contributed by atoms with Gasteiger partial charge in [0.1, 0.15) is 28.6 Å². The molecule has 0 unspecified atom stereocenters. The van der Waals surface area contributed by atoms with Crippen LogP contribution in [0.1, 0.15) is 40.8 Å². The van der Waals surface area contributed by atoms with Gasteiger partial charge in [0, 0.05) is 24.9 Å². The molecule has 0 bridgehead atoms. The molecule has 0 fully saturated rings. The molecule has 0 spiro atoms. The number of benzene rings is 1. The van der Waals surface area contributed by atoms with E-state index in [0.717, 1.165) is 11.3 Å². The number of allylic oxidation sites excluding steroid dienone is 2. The quantitative estimate of drug-likeness (QED) is 0.214. The standard InChI is InChI=1S/C25H23FN2O7S/c1-15(12-19-14-28-25(36-19)35-17-9-7-16(26)8-10-17)22(30)21-20(29)13-18(34-23(21)31)6-4-3-5-11-27-24(32)33-2/h5,7-14,29H,3-4,6H2,1-2H3,(H,27,32)/b11-5+,15-12?. The first kappa shape index (κ1) is 26.4. The van der Waals surface area contributed by atoms with Gasteiger partial charge in [-0.2, -0.15) is 0 Å². The van der Waals surface area contributed by atoms with E-state index in [4.69, 9.17) is 9.15 Å². The largest absolute Gasteiger partial charge is 0.507 e. The van der Waals surface area contributed by atoms with Crippen LogP contribution in [0, 0.1) is 5.82 Å². The molecule has 0 aliphatic heterocycles. The van der Waals surface area contributed by atoms with Crippen LogP contribution in [0.15, 0.2) is 63.6 Å². The second kappa shape index (κ2) is 12.5. The van der Waals surface area contributed by atoms with Crippen molar-refractivity contribution in [1.82, 2.24) is 10.3 Å². The van der Waals surface area contributed by atoms with Crippen molar-refractivity contribution in [2.75, 3.05) is 7.11 Å². The van der Waals surface area contributed by atoms with Crippen LogP contribution in [0.3, 0.4) is 0 Å². The molecule has 0 saturated heterocycles. The van der Waals surface area contributed by atoms with Crippen LogP contribution < -0.4 is 15.7 Å². The minimum absolute atomic E-state index is 0.186. The molecule has 2 aromatic heterocycles. The normalized spacial score (nSPS) is 11.5. The first-order chi connectivity index (χ1) is 17.3. The Labute approximate surface area is 209 Å². The van der Waals surface area contributed by atoms with Gasteiger partial charge in [-0.1, -0.05) is 17.4 Å². The lowest BCUT2D eigenvalue weighted by molar-refractivity contribution is 0.102. The third-order valence-corrected chi connectivity index (χ3v) is 5.57. The number of carbonyl (C=O) groups excluding carboxylic acids is 2. The van der Waals surface area contributed by atoms with Gasteiger partial charge in [0.05, 0.1) is 12.0 Å². The van der Waals surface area contributed by atoms with Crippen molar-refractivity contribution < 1.29 is 33.0 Å². The third-order valence-electron chi connectivity index (χ3n) is 4.75. The fraction of sp³-hybridized carbons (Fsp3) is 0.200. The van der Waals surface area contributed by atoms with Crippen LogP contribution in [-0.4, -0.2) is 29.1 Å². The molecule has 0 atom stereocenters. The number of aromatic nitrogens is 1. The Morgan fingerprint density at radius 2 is 2.03 bits per heavy atom. The van der Waals surface area contributed by atoms with Gasteiger partial charge in [-0.05, 0) is 55.7 Å². The molecular weight excluding hydrogens is 491 g/mol. The van der Waals surface area contributed by atoms with Gasteiger partial charge in [-0.3, -0.25) is 10.1 Å². The van der Waals surface area contributed by atoms with Gasteiger partial charge in [-0.15, -0.1) is 0 Å². The first-order valence-electron chi connectivity index (χ1n) is 10.7. The highest BCUT2D eigenvalue weighted by Gasteiger charge is 2.20. The number of hydrogen-bond donors (Lipinski definition) is 2. The number of ketones is 1. The summed E-state index contributed by atoms with van der Waals surface area (Å²) in [6.45, 7) is 1.50. The van der Waals surface area contributed by atoms with Crippen LogP contribution >= 0.6 is 11.3 Å². The number of ether oxygens (including phenoxy) is 2. The Morgan fingerprint density at radius 3 is 2.72 bits per heavy atom. The molecule has 2 heterocycles. The lowest BCUT2D eigenvalue weighted by Gasteiger charge is -2.05. The van der Waals surface area contributed by atoms with Gasteiger partial charge in [0.25, 0.3) is 5.19 Å². The smallest absolute Gasteiger partial charge is 0.410 e. The minimum Gasteiger partial charge on any atom is -0.507 e. The summed E-state index contributed by atoms with van der Waals surface area (Å²) in [6, 6.07) is 6.70. The number of thiazole rings is 1. The van der Waals surface area contributed by atoms with Crippen LogP contribution in [0.4, 0.5) is 9.18 Å². The van der Waals surface area contributed by atoms with Crippen molar-refractivity contribution in [2.45, 2.75) is 26.2 Å². The number of rotatable bonds is 10. The molecule has 0 saturated carbocycles. The SMILES string of the molecule is COC(=O)N/C=C/CCCc1cc(O)c(C(=O)C(C)=Cc2cnc(Oc3ccc(F)cc3)s2)c(=O)o1. The number of unbranched alkanes of at least 4 members (excludes halogenated alkanes) is 1. The summed E-state index contributed by atoms with van der Waals surface area (Å²) in [5.74, 6) is -0.895. The summed E-state index contributed by atoms with van der Waals surface area (Å²) >= 11 is 1.15. The number of methoxy groups -OCH3 is 1. The molecular formula is C25H23FN2O7S. The second-order valence-electron chi connectivity index (χ2n) is 7.43. The number of alkyl carbamates (subject to hydrolysis) is 1. The number of nitrogens with zero attached hydrogens (tertiary/aromatic N) is 1. The van der Waals surface area contributed by atoms with Crippen molar-refractivity contribution in [3.63, 3.8) is 0 Å². The van der Waals surface area contributed by atoms with Crippen molar-refractivity contribution in [1.29, 1.82) is 0 Å². The van der Waals surface area contributed by atoms with Gasteiger partial charge < -0.3 is 19.0 Å². The van der Waals surface area contributed by atoms with Crippen molar-refractivity contribution in [3.8, 4) is 16.7 Å². The van der Waals surface area contributed by atoms with Crippen molar-refractivity contribution >= 4 is 29.3 Å². The Balaban J connectivity index is 1.63. The second-order valence-corrected chi connectivity index (χ2v) is 8.46. The zero-order chi connectivity index (χ0) is 26.1. The van der Waals surface area contributed by atoms with E-state index in [-0.39, 0.29) is 22.3 Å². The number of amides is 1. The Bertz CT molecular complexity index is 1340. The third kappa shape index (κ3) is 7.37. The first-order valence-corrected chi connectivity index (χ1v) is 11.6. The molecule has 1 amide bonds. The number of nitrogens with one attached hydrogen (secondary N) is 1. The zero-order valence-electron chi connectivity index (χ0n) is 19.4. The Kier molecular flexibility index (Phi) is 9.12. The van der Waals surface area contributed by atoms with Gasteiger partial charge in [0.15, 0.2) is 5.78 Å². The molecule has 11 heteroatoms. The monoisotopic (exact) mass is 514 g/mol. The molecule has 1 aromatic carbocycles. The number of hydrogen-bond acceptors (Lipinski definition) is 9. The predicted molar refractivity (Wildman–Crippen MR) is 131 cm³/mol. The van der Waals surface area contributed by atoms with E-state index in [1.807, 2.05) is 0 Å². The van der Waals surface area contributed by atoms with E-state index in [1.165, 1.54) is 62.8 Å². The Hall–Kier alpha value is -4.25. The van der Waals surface area contributed by atoms with Gasteiger partial charge in [-0.25, -0.2) is 19.0 Å². The number of Topliss-reactive ketones (excluding diaryl/α,β-unsaturated/α-hetero) is 1. The molecule has 0 aliphatic rings. The Morgan fingerprint density at radius 1 is 1.28 bits per heavy atom. The minimum atomic E-state index is -0.935. The van der Waals surface area contributed by atoms with Crippen molar-refractivity contribution in [3.05, 3.63) is 86.8 Å². The molecule has 188 valence electrons. The zero-order valence-corrected chi connectivity index (χ0v) is 20.3. The molecule has 3 aromatic rings. The van der Waals surface area contributed by atoms with E-state index in [0.29, 0.717) is 29.9 Å². The number of halogens is 1. The maximum absolute atomic E-state index is 13.0. The maximum atomic E-state index is 13.0. The van der Waals surface area contributed by atoms with E-state index < -0.39 is 28.8 Å². The van der Waals surface area contributed by atoms with Gasteiger partial charge in [0.2, 0.25) is 0 Å². The number of aromatic hydroxyl groups is 1. The fourth-order valence-corrected chi connectivity index (χ4v) is 3.77. The van der Waals surface area contributed by atoms with Crippen LogP contribution in [0.2, 0.25) is 0 Å². The summed E-state index contributed by atoms with van der Waals surface area (Å²) in [7, 11) is 1.26. The maximum Gasteiger partial charge on any atom is 0.410 e. The molecule has 9 nitrogen and oxygen atoms in total. The summed E-state index contributed by atoms with van der Waals surface area (Å²) in [5, 5.41) is 13.0. The molecule has 36 heavy (non-hydrogen) atoms. The van der Waals surface area contributed by atoms with E-state index in [2.05, 4.69) is 15.0 Å². The summed E-state index contributed by atoms with van der Waals surface area (Å²) in [4.78, 5) is 40.9. The number of carbonyl (C=O) groups is 2. The average molecular weight is 515 g/mol. The molecule has 0 radical (unpaired) electrons. The van der Waals surface area contributed by atoms with Crippen LogP contribution in [0.5, 0.6) is 16.7 Å². The fourth-order valence-electron chi connectivity index (χ4n) is 2.99. The lowest BCUT2D eigenvalue weighted by atomic mass is 10.0. The number of aryl methyl sites for hydroxylation is 1. The van der Waals surface area contributed by atoms with E-state index >= 15 is 0 Å². The highest BCUT2D eigenvalue weighted by molar-refractivity contribution is 7.14. The van der Waals surface area contributed by atoms with E-state index in [1.54, 1.807) is 6.08 Å². The molecule has 0 aliphatic carbocycles. The predicted octanol–water partition coefficient (Wildman–Crippen LogP) is 5.21.